The molecular weight excluding hydrogens is 248 g/mol. The smallest absolute Gasteiger partial charge is 0.137 e. The lowest BCUT2D eigenvalue weighted by Gasteiger charge is -2.28. The Morgan fingerprint density at radius 2 is 1.94 bits per heavy atom. The Morgan fingerprint density at radius 1 is 1.28 bits per heavy atom. The largest absolute Gasteiger partial charge is 0.495 e. The first-order chi connectivity index (χ1) is 8.63. The van der Waals surface area contributed by atoms with E-state index in [0.717, 1.165) is 38.3 Å². The average molecular weight is 269 g/mol. The quantitative estimate of drug-likeness (QED) is 0.881. The first-order valence-corrected chi connectivity index (χ1v) is 6.75. The van der Waals surface area contributed by atoms with E-state index in [1.807, 2.05) is 12.1 Å². The second-order valence-corrected chi connectivity index (χ2v) is 5.72. The molecule has 18 heavy (non-hydrogen) atoms. The fraction of sp³-hybridized carbons (Fsp3) is 0.571. The summed E-state index contributed by atoms with van der Waals surface area (Å²) < 4.78 is 5.18. The number of hydrogen-bond acceptors (Lipinski definition) is 3. The molecule has 0 bridgehead atoms. The molecule has 2 rings (SSSR count). The van der Waals surface area contributed by atoms with Gasteiger partial charge in [0.15, 0.2) is 0 Å². The van der Waals surface area contributed by atoms with Crippen molar-refractivity contribution in [2.24, 2.45) is 5.41 Å². The van der Waals surface area contributed by atoms with Crippen LogP contribution < -0.4 is 15.4 Å². The van der Waals surface area contributed by atoms with Gasteiger partial charge in [-0.05, 0) is 29.5 Å². The third-order valence-corrected chi connectivity index (χ3v) is 3.72. The summed E-state index contributed by atoms with van der Waals surface area (Å²) in [5, 5.41) is 7.64. The third kappa shape index (κ3) is 3.37. The molecule has 4 heteroatoms. The van der Waals surface area contributed by atoms with Crippen LogP contribution in [0, 0.1) is 5.41 Å². The van der Waals surface area contributed by atoms with Gasteiger partial charge in [-0.25, -0.2) is 0 Å². The van der Waals surface area contributed by atoms with Gasteiger partial charge in [-0.3, -0.25) is 0 Å². The summed E-state index contributed by atoms with van der Waals surface area (Å²) in [4.78, 5) is 0. The van der Waals surface area contributed by atoms with Crippen molar-refractivity contribution in [3.8, 4) is 5.75 Å². The van der Waals surface area contributed by atoms with Crippen LogP contribution in [0.1, 0.15) is 12.5 Å². The summed E-state index contributed by atoms with van der Waals surface area (Å²) in [6.45, 7) is 6.45. The van der Waals surface area contributed by atoms with E-state index in [9.17, 15) is 0 Å². The van der Waals surface area contributed by atoms with Gasteiger partial charge in [0, 0.05) is 26.2 Å². The zero-order chi connectivity index (χ0) is 13.0. The lowest BCUT2D eigenvalue weighted by atomic mass is 9.83. The molecule has 1 fully saturated rings. The maximum absolute atomic E-state index is 6.17. The van der Waals surface area contributed by atoms with E-state index in [2.05, 4.69) is 23.6 Å². The van der Waals surface area contributed by atoms with Gasteiger partial charge in [-0.2, -0.15) is 0 Å². The van der Waals surface area contributed by atoms with Gasteiger partial charge in [0.1, 0.15) is 5.75 Å². The first-order valence-electron chi connectivity index (χ1n) is 6.37. The Bertz CT molecular complexity index is 401. The predicted octanol–water partition coefficient (Wildman–Crippen LogP) is 2.09. The second kappa shape index (κ2) is 5.91. The van der Waals surface area contributed by atoms with Gasteiger partial charge in [0.25, 0.3) is 0 Å². The lowest BCUT2D eigenvalue weighted by molar-refractivity contribution is 0.314. The Kier molecular flexibility index (Phi) is 4.49. The summed E-state index contributed by atoms with van der Waals surface area (Å²) >= 11 is 6.17. The van der Waals surface area contributed by atoms with Crippen LogP contribution in [-0.2, 0) is 6.42 Å². The van der Waals surface area contributed by atoms with Crippen LogP contribution in [0.25, 0.3) is 0 Å². The minimum atomic E-state index is 0.231. The molecule has 0 aromatic heterocycles. The molecule has 2 N–H and O–H groups in total. The highest BCUT2D eigenvalue weighted by atomic mass is 35.5. The number of hydrogen-bond donors (Lipinski definition) is 2. The molecule has 1 heterocycles. The van der Waals surface area contributed by atoms with Crippen molar-refractivity contribution >= 4 is 11.6 Å². The van der Waals surface area contributed by atoms with Crippen molar-refractivity contribution in [1.82, 2.24) is 10.6 Å². The van der Waals surface area contributed by atoms with Crippen molar-refractivity contribution in [2.75, 3.05) is 33.3 Å². The van der Waals surface area contributed by atoms with Crippen molar-refractivity contribution in [2.45, 2.75) is 13.3 Å². The predicted molar refractivity (Wildman–Crippen MR) is 75.6 cm³/mol. The summed E-state index contributed by atoms with van der Waals surface area (Å²) in [7, 11) is 1.64. The van der Waals surface area contributed by atoms with Crippen LogP contribution in [0.3, 0.4) is 0 Å². The van der Waals surface area contributed by atoms with Gasteiger partial charge in [0.05, 0.1) is 12.1 Å². The van der Waals surface area contributed by atoms with Crippen LogP contribution in [0.4, 0.5) is 0 Å². The number of ether oxygens (including phenoxy) is 1. The molecule has 1 aliphatic heterocycles. The van der Waals surface area contributed by atoms with Crippen LogP contribution in [0.5, 0.6) is 5.75 Å². The summed E-state index contributed by atoms with van der Waals surface area (Å²) in [6.07, 6.45) is 1.01. The van der Waals surface area contributed by atoms with Crippen molar-refractivity contribution in [3.63, 3.8) is 0 Å². The fourth-order valence-electron chi connectivity index (χ4n) is 2.46. The Morgan fingerprint density at radius 3 is 2.50 bits per heavy atom. The van der Waals surface area contributed by atoms with E-state index < -0.39 is 0 Å². The SMILES string of the molecule is COc1ccc(CC2(C)CNCCNC2)cc1Cl. The lowest BCUT2D eigenvalue weighted by Crippen LogP contribution is -2.37. The molecule has 1 saturated heterocycles. The molecule has 0 radical (unpaired) electrons. The topological polar surface area (TPSA) is 33.3 Å². The van der Waals surface area contributed by atoms with E-state index in [4.69, 9.17) is 16.3 Å². The molecule has 0 amide bonds. The molecule has 0 saturated carbocycles. The molecule has 1 aliphatic rings. The van der Waals surface area contributed by atoms with Crippen LogP contribution >= 0.6 is 11.6 Å². The Hall–Kier alpha value is -0.770. The van der Waals surface area contributed by atoms with E-state index in [0.29, 0.717) is 5.02 Å². The van der Waals surface area contributed by atoms with E-state index in [1.165, 1.54) is 5.56 Å². The molecule has 100 valence electrons. The molecular formula is C14H21ClN2O. The summed E-state index contributed by atoms with van der Waals surface area (Å²) in [6, 6.07) is 6.05. The van der Waals surface area contributed by atoms with Gasteiger partial charge in [-0.15, -0.1) is 0 Å². The molecule has 0 aliphatic carbocycles. The Labute approximate surface area is 114 Å². The highest BCUT2D eigenvalue weighted by Gasteiger charge is 2.26. The molecule has 0 unspecified atom stereocenters. The summed E-state index contributed by atoms with van der Waals surface area (Å²) in [5.41, 5.74) is 1.49. The fourth-order valence-corrected chi connectivity index (χ4v) is 2.74. The van der Waals surface area contributed by atoms with Crippen molar-refractivity contribution < 1.29 is 4.74 Å². The zero-order valence-corrected chi connectivity index (χ0v) is 11.8. The molecule has 0 atom stereocenters. The summed E-state index contributed by atoms with van der Waals surface area (Å²) in [5.74, 6) is 0.739. The normalized spacial score (nSPS) is 19.3. The maximum atomic E-state index is 6.17. The molecule has 3 nitrogen and oxygen atoms in total. The zero-order valence-electron chi connectivity index (χ0n) is 11.1. The highest BCUT2D eigenvalue weighted by Crippen LogP contribution is 2.29. The minimum Gasteiger partial charge on any atom is -0.495 e. The van der Waals surface area contributed by atoms with Crippen molar-refractivity contribution in [1.29, 1.82) is 0 Å². The van der Waals surface area contributed by atoms with Crippen LogP contribution in [-0.4, -0.2) is 33.3 Å². The molecule has 1 aromatic carbocycles. The van der Waals surface area contributed by atoms with Crippen LogP contribution in [0.2, 0.25) is 5.02 Å². The average Bonchev–Trinajstić information content (AvgIpc) is 2.54. The molecule has 0 spiro atoms. The number of nitrogens with one attached hydrogen (secondary N) is 2. The Balaban J connectivity index is 2.10. The van der Waals surface area contributed by atoms with Crippen molar-refractivity contribution in [3.05, 3.63) is 28.8 Å². The number of rotatable bonds is 3. The standard InChI is InChI=1S/C14H21ClN2O/c1-14(9-16-5-6-17-10-14)8-11-3-4-13(18-2)12(15)7-11/h3-4,7,16-17H,5-6,8-10H2,1-2H3. The molecule has 1 aromatic rings. The monoisotopic (exact) mass is 268 g/mol. The minimum absolute atomic E-state index is 0.231. The first kappa shape index (κ1) is 13.7. The van der Waals surface area contributed by atoms with E-state index in [-0.39, 0.29) is 5.41 Å². The maximum Gasteiger partial charge on any atom is 0.137 e. The number of methoxy groups -OCH3 is 1. The van der Waals surface area contributed by atoms with Crippen LogP contribution in [0.15, 0.2) is 18.2 Å². The third-order valence-electron chi connectivity index (χ3n) is 3.43. The number of benzene rings is 1. The van der Waals surface area contributed by atoms with Gasteiger partial charge in [-0.1, -0.05) is 24.6 Å². The van der Waals surface area contributed by atoms with E-state index >= 15 is 0 Å². The van der Waals surface area contributed by atoms with E-state index in [1.54, 1.807) is 7.11 Å². The van der Waals surface area contributed by atoms with Gasteiger partial charge < -0.3 is 15.4 Å². The van der Waals surface area contributed by atoms with Gasteiger partial charge in [0.2, 0.25) is 0 Å². The second-order valence-electron chi connectivity index (χ2n) is 5.31. The number of halogens is 1. The van der Waals surface area contributed by atoms with Gasteiger partial charge >= 0.3 is 0 Å². The highest BCUT2D eigenvalue weighted by molar-refractivity contribution is 6.32.